The van der Waals surface area contributed by atoms with E-state index in [1.54, 1.807) is 43.5 Å². The second-order valence-corrected chi connectivity index (χ2v) is 5.74. The molecule has 0 saturated carbocycles. The highest BCUT2D eigenvalue weighted by molar-refractivity contribution is 5.97. The number of hydrogen-bond donors (Lipinski definition) is 1. The number of benzene rings is 1. The Morgan fingerprint density at radius 3 is 2.83 bits per heavy atom. The van der Waals surface area contributed by atoms with E-state index in [0.717, 1.165) is 5.56 Å². The third kappa shape index (κ3) is 3.08. The molecule has 0 bridgehead atoms. The van der Waals surface area contributed by atoms with Gasteiger partial charge in [-0.3, -0.25) is 9.59 Å². The minimum atomic E-state index is -0.475. The average Bonchev–Trinajstić information content (AvgIpc) is 2.91. The number of aromatic nitrogens is 1. The lowest BCUT2D eigenvalue weighted by atomic mass is 9.92. The van der Waals surface area contributed by atoms with Crippen LogP contribution in [0.4, 0.5) is 5.82 Å². The lowest BCUT2D eigenvalue weighted by molar-refractivity contribution is -0.128. The average molecular weight is 325 g/mol. The van der Waals surface area contributed by atoms with Gasteiger partial charge in [-0.15, -0.1) is 0 Å². The maximum Gasteiger partial charge on any atom is 0.231 e. The fraction of sp³-hybridized carbons (Fsp3) is 0.278. The second-order valence-electron chi connectivity index (χ2n) is 5.74. The summed E-state index contributed by atoms with van der Waals surface area (Å²) in [5.74, 6) is 0.442. The largest absolute Gasteiger partial charge is 0.497 e. The van der Waals surface area contributed by atoms with Gasteiger partial charge in [-0.1, -0.05) is 18.2 Å². The number of pyridine rings is 1. The molecule has 2 atom stereocenters. The fourth-order valence-corrected chi connectivity index (χ4v) is 3.04. The maximum absolute atomic E-state index is 12.7. The minimum absolute atomic E-state index is 0.0519. The van der Waals surface area contributed by atoms with Crippen molar-refractivity contribution in [2.24, 2.45) is 5.92 Å². The number of carbonyl (C=O) groups excluding carboxylic acids is 2. The third-order valence-corrected chi connectivity index (χ3v) is 4.27. The highest BCUT2D eigenvalue weighted by Gasteiger charge is 2.42. The van der Waals surface area contributed by atoms with E-state index in [1.165, 1.54) is 0 Å². The topological polar surface area (TPSA) is 71.5 Å². The van der Waals surface area contributed by atoms with Gasteiger partial charge in [-0.25, -0.2) is 4.98 Å². The smallest absolute Gasteiger partial charge is 0.231 e. The second kappa shape index (κ2) is 6.70. The number of methoxy groups -OCH3 is 1. The van der Waals surface area contributed by atoms with Crippen molar-refractivity contribution in [3.05, 3.63) is 54.2 Å². The molecule has 6 nitrogen and oxygen atoms in total. The van der Waals surface area contributed by atoms with E-state index >= 15 is 0 Å². The van der Waals surface area contributed by atoms with Crippen LogP contribution in [0.5, 0.6) is 5.75 Å². The van der Waals surface area contributed by atoms with Crippen LogP contribution in [0.3, 0.4) is 0 Å². The zero-order chi connectivity index (χ0) is 17.1. The van der Waals surface area contributed by atoms with Crippen LogP contribution in [0.1, 0.15) is 18.0 Å². The fourth-order valence-electron chi connectivity index (χ4n) is 3.04. The van der Waals surface area contributed by atoms with Crippen molar-refractivity contribution in [3.63, 3.8) is 0 Å². The highest BCUT2D eigenvalue weighted by Crippen LogP contribution is 2.38. The Bertz CT molecular complexity index is 748. The van der Waals surface area contributed by atoms with E-state index in [2.05, 4.69) is 10.3 Å². The number of amides is 2. The summed E-state index contributed by atoms with van der Waals surface area (Å²) in [5.41, 5.74) is 0.879. The summed E-state index contributed by atoms with van der Waals surface area (Å²) >= 11 is 0. The summed E-state index contributed by atoms with van der Waals surface area (Å²) < 4.78 is 5.25. The van der Waals surface area contributed by atoms with Gasteiger partial charge in [0.15, 0.2) is 0 Å². The number of rotatable bonds is 4. The molecule has 0 radical (unpaired) electrons. The Morgan fingerprint density at radius 2 is 2.12 bits per heavy atom. The first-order chi connectivity index (χ1) is 11.6. The summed E-state index contributed by atoms with van der Waals surface area (Å²) in [5, 5.41) is 2.79. The number of nitrogens with one attached hydrogen (secondary N) is 1. The molecule has 1 N–H and O–H groups in total. The van der Waals surface area contributed by atoms with Crippen LogP contribution in [0.2, 0.25) is 0 Å². The normalized spacial score (nSPS) is 20.1. The van der Waals surface area contributed by atoms with Gasteiger partial charge in [0, 0.05) is 19.7 Å². The lowest BCUT2D eigenvalue weighted by Gasteiger charge is -2.25. The van der Waals surface area contributed by atoms with Crippen molar-refractivity contribution in [2.45, 2.75) is 12.5 Å². The number of nitrogens with zero attached hydrogens (tertiary/aromatic N) is 2. The molecule has 124 valence electrons. The van der Waals surface area contributed by atoms with E-state index in [0.29, 0.717) is 11.6 Å². The van der Waals surface area contributed by atoms with Crippen molar-refractivity contribution in [1.82, 2.24) is 9.88 Å². The Hall–Kier alpha value is -2.89. The first kappa shape index (κ1) is 16.0. The third-order valence-electron chi connectivity index (χ3n) is 4.27. The van der Waals surface area contributed by atoms with Gasteiger partial charge in [0.2, 0.25) is 11.8 Å². The molecule has 3 rings (SSSR count). The van der Waals surface area contributed by atoms with E-state index < -0.39 is 5.92 Å². The van der Waals surface area contributed by atoms with Crippen molar-refractivity contribution in [3.8, 4) is 5.75 Å². The van der Waals surface area contributed by atoms with E-state index in [1.807, 2.05) is 24.3 Å². The quantitative estimate of drug-likeness (QED) is 0.936. The highest BCUT2D eigenvalue weighted by atomic mass is 16.5. The van der Waals surface area contributed by atoms with Crippen molar-refractivity contribution in [1.29, 1.82) is 0 Å². The van der Waals surface area contributed by atoms with Crippen molar-refractivity contribution < 1.29 is 14.3 Å². The molecule has 1 aromatic carbocycles. The maximum atomic E-state index is 12.7. The van der Waals surface area contributed by atoms with Gasteiger partial charge in [-0.05, 0) is 29.8 Å². The van der Waals surface area contributed by atoms with Crippen LogP contribution < -0.4 is 10.1 Å². The molecule has 2 amide bonds. The molecule has 6 heteroatoms. The summed E-state index contributed by atoms with van der Waals surface area (Å²) in [4.78, 5) is 30.6. The predicted molar refractivity (Wildman–Crippen MR) is 89.5 cm³/mol. The van der Waals surface area contributed by atoms with Crippen LogP contribution in [-0.4, -0.2) is 35.9 Å². The Kier molecular flexibility index (Phi) is 4.46. The molecule has 24 heavy (non-hydrogen) atoms. The van der Waals surface area contributed by atoms with Gasteiger partial charge in [-0.2, -0.15) is 0 Å². The minimum Gasteiger partial charge on any atom is -0.497 e. The monoisotopic (exact) mass is 325 g/mol. The first-order valence-corrected chi connectivity index (χ1v) is 7.71. The van der Waals surface area contributed by atoms with Crippen LogP contribution in [0, 0.1) is 5.92 Å². The number of anilines is 1. The van der Waals surface area contributed by atoms with E-state index in [4.69, 9.17) is 4.74 Å². The molecule has 1 aromatic heterocycles. The number of likely N-dealkylation sites (tertiary alicyclic amines) is 1. The summed E-state index contributed by atoms with van der Waals surface area (Å²) in [6.07, 6.45) is 1.79. The van der Waals surface area contributed by atoms with Crippen LogP contribution in [0.15, 0.2) is 48.7 Å². The molecule has 1 aliphatic rings. The molecular formula is C18H19N3O3. The SMILES string of the molecule is COc1cccc([C@H]2[C@H](C(=O)Nc3ccccn3)CC(=O)N2C)c1. The molecule has 1 aliphatic heterocycles. The van der Waals surface area contributed by atoms with E-state index in [-0.39, 0.29) is 24.3 Å². The Balaban J connectivity index is 1.87. The molecule has 0 aliphatic carbocycles. The predicted octanol–water partition coefficient (Wildman–Crippen LogP) is 2.25. The van der Waals surface area contributed by atoms with Crippen molar-refractivity contribution in [2.75, 3.05) is 19.5 Å². The molecule has 1 fully saturated rings. The van der Waals surface area contributed by atoms with E-state index in [9.17, 15) is 9.59 Å². The lowest BCUT2D eigenvalue weighted by Crippen LogP contribution is -2.30. The van der Waals surface area contributed by atoms with Gasteiger partial charge < -0.3 is 15.0 Å². The zero-order valence-electron chi connectivity index (χ0n) is 13.6. The molecule has 2 aromatic rings. The standard InChI is InChI=1S/C18H19N3O3/c1-21-16(22)11-14(18(23)20-15-8-3-4-9-19-15)17(21)12-6-5-7-13(10-12)24-2/h3-10,14,17H,11H2,1-2H3,(H,19,20,23)/t14-,17+/m1/s1. The van der Waals surface area contributed by atoms with Gasteiger partial charge >= 0.3 is 0 Å². The molecular weight excluding hydrogens is 306 g/mol. The zero-order valence-corrected chi connectivity index (χ0v) is 13.6. The van der Waals surface area contributed by atoms with Crippen molar-refractivity contribution >= 4 is 17.6 Å². The van der Waals surface area contributed by atoms with Crippen LogP contribution in [-0.2, 0) is 9.59 Å². The summed E-state index contributed by atoms with van der Waals surface area (Å²) in [6.45, 7) is 0. The molecule has 0 unspecified atom stereocenters. The summed E-state index contributed by atoms with van der Waals surface area (Å²) in [7, 11) is 3.31. The number of ether oxygens (including phenoxy) is 1. The summed E-state index contributed by atoms with van der Waals surface area (Å²) in [6, 6.07) is 12.4. The van der Waals surface area contributed by atoms with Gasteiger partial charge in [0.1, 0.15) is 11.6 Å². The number of hydrogen-bond acceptors (Lipinski definition) is 4. The van der Waals surface area contributed by atoms with Crippen LogP contribution in [0.25, 0.3) is 0 Å². The molecule has 2 heterocycles. The molecule has 1 saturated heterocycles. The molecule has 0 spiro atoms. The van der Waals surface area contributed by atoms with Gasteiger partial charge in [0.05, 0.1) is 19.1 Å². The first-order valence-electron chi connectivity index (χ1n) is 7.71. The van der Waals surface area contributed by atoms with Crippen LogP contribution >= 0.6 is 0 Å². The number of carbonyl (C=O) groups is 2. The Labute approximate surface area is 140 Å². The van der Waals surface area contributed by atoms with Gasteiger partial charge in [0.25, 0.3) is 0 Å². The Morgan fingerprint density at radius 1 is 1.29 bits per heavy atom.